The van der Waals surface area contributed by atoms with Gasteiger partial charge in [0, 0.05) is 23.1 Å². The molecule has 2 heterocycles. The summed E-state index contributed by atoms with van der Waals surface area (Å²) in [4.78, 5) is 32.3. The van der Waals surface area contributed by atoms with Crippen molar-refractivity contribution in [3.05, 3.63) is 63.4 Å². The van der Waals surface area contributed by atoms with Crippen LogP contribution in [-0.4, -0.2) is 21.9 Å². The maximum Gasteiger partial charge on any atom is 0.320 e. The zero-order chi connectivity index (χ0) is 21.1. The molecule has 4 N–H and O–H groups in total. The molecule has 0 saturated heterocycles. The number of terminal acetylenes is 1. The Hall–Kier alpha value is -3.74. The zero-order valence-corrected chi connectivity index (χ0v) is 17.1. The van der Waals surface area contributed by atoms with Gasteiger partial charge in [-0.15, -0.1) is 29.1 Å². The molecule has 9 heteroatoms. The van der Waals surface area contributed by atoms with E-state index < -0.39 is 5.91 Å². The Morgan fingerprint density at radius 2 is 1.93 bits per heavy atom. The van der Waals surface area contributed by atoms with Crippen LogP contribution in [0.15, 0.2) is 47.3 Å². The van der Waals surface area contributed by atoms with E-state index in [4.69, 9.17) is 12.2 Å². The van der Waals surface area contributed by atoms with Crippen molar-refractivity contribution in [3.8, 4) is 23.5 Å². The van der Waals surface area contributed by atoms with Gasteiger partial charge in [0.2, 0.25) is 5.91 Å². The van der Waals surface area contributed by atoms with Gasteiger partial charge in [-0.05, 0) is 29.2 Å². The van der Waals surface area contributed by atoms with Crippen LogP contribution < -0.4 is 16.4 Å². The lowest BCUT2D eigenvalue weighted by atomic mass is 9.97. The van der Waals surface area contributed by atoms with E-state index in [-0.39, 0.29) is 6.03 Å². The summed E-state index contributed by atoms with van der Waals surface area (Å²) in [5, 5.41) is 7.60. The highest BCUT2D eigenvalue weighted by molar-refractivity contribution is 7.17. The number of carbonyl (C=O) groups is 2. The van der Waals surface area contributed by atoms with Gasteiger partial charge in [-0.1, -0.05) is 24.3 Å². The van der Waals surface area contributed by atoms with Crippen LogP contribution in [0.5, 0.6) is 0 Å². The van der Waals surface area contributed by atoms with Crippen LogP contribution in [-0.2, 0) is 6.54 Å². The number of aromatic nitrogens is 2. The number of hydrogen-bond donors (Lipinski definition) is 3. The number of nitrogens with two attached hydrogens (primary N) is 1. The maximum atomic E-state index is 12.0. The molecule has 0 aliphatic heterocycles. The first kappa shape index (κ1) is 19.6. The quantitative estimate of drug-likeness (QED) is 0.416. The fourth-order valence-corrected chi connectivity index (χ4v) is 4.36. The Bertz CT molecular complexity index is 1280. The number of thiazole rings is 2. The summed E-state index contributed by atoms with van der Waals surface area (Å²) < 4.78 is 0.908. The molecule has 0 spiro atoms. The number of benzene rings is 2. The van der Waals surface area contributed by atoms with E-state index in [1.54, 1.807) is 23.0 Å². The minimum Gasteiger partial charge on any atom is -0.366 e. The molecule has 4 aromatic rings. The topological polar surface area (TPSA) is 110 Å². The number of urea groups is 1. The number of amides is 3. The summed E-state index contributed by atoms with van der Waals surface area (Å²) in [7, 11) is 0. The van der Waals surface area contributed by atoms with Crippen molar-refractivity contribution in [2.75, 3.05) is 5.32 Å². The van der Waals surface area contributed by atoms with Crippen LogP contribution >= 0.6 is 22.7 Å². The second kappa shape index (κ2) is 8.32. The molecule has 30 heavy (non-hydrogen) atoms. The molecule has 0 fully saturated rings. The second-order valence-corrected chi connectivity index (χ2v) is 7.95. The van der Waals surface area contributed by atoms with Crippen molar-refractivity contribution in [1.82, 2.24) is 15.3 Å². The lowest BCUT2D eigenvalue weighted by Gasteiger charge is -2.10. The number of rotatable bonds is 5. The van der Waals surface area contributed by atoms with E-state index in [1.165, 1.54) is 22.7 Å². The molecule has 0 aliphatic carbocycles. The number of nitrogens with zero attached hydrogens (tertiary/aromatic N) is 2. The Labute approximate surface area is 180 Å². The highest BCUT2D eigenvalue weighted by Crippen LogP contribution is 2.34. The summed E-state index contributed by atoms with van der Waals surface area (Å²) in [6.45, 7) is 0.325. The van der Waals surface area contributed by atoms with Gasteiger partial charge in [-0.3, -0.25) is 10.1 Å². The fraction of sp³-hybridized carbons (Fsp3) is 0.0476. The first-order chi connectivity index (χ1) is 14.5. The first-order valence-corrected chi connectivity index (χ1v) is 10.5. The van der Waals surface area contributed by atoms with Crippen molar-refractivity contribution >= 4 is 50.6 Å². The van der Waals surface area contributed by atoms with E-state index in [2.05, 4.69) is 26.5 Å². The molecule has 0 radical (unpaired) electrons. The first-order valence-electron chi connectivity index (χ1n) is 8.77. The highest BCUT2D eigenvalue weighted by atomic mass is 32.1. The summed E-state index contributed by atoms with van der Waals surface area (Å²) in [6.07, 6.45) is 5.27. The molecule has 0 unspecified atom stereocenters. The molecule has 2 aromatic heterocycles. The predicted octanol–water partition coefficient (Wildman–Crippen LogP) is 3.82. The molecule has 0 saturated carbocycles. The van der Waals surface area contributed by atoms with E-state index in [1.807, 2.05) is 24.3 Å². The Kier molecular flexibility index (Phi) is 5.43. The molecule has 2 aromatic carbocycles. The fourth-order valence-electron chi connectivity index (χ4n) is 2.95. The van der Waals surface area contributed by atoms with Gasteiger partial charge in [-0.2, -0.15) is 0 Å². The summed E-state index contributed by atoms with van der Waals surface area (Å²) in [5.74, 6) is 2.35. The normalized spacial score (nSPS) is 10.5. The van der Waals surface area contributed by atoms with Crippen molar-refractivity contribution in [1.29, 1.82) is 0 Å². The van der Waals surface area contributed by atoms with Crippen LogP contribution in [0.2, 0.25) is 0 Å². The summed E-state index contributed by atoms with van der Waals surface area (Å²) in [6, 6.07) is 10.7. The second-order valence-electron chi connectivity index (χ2n) is 6.24. The third-order valence-electron chi connectivity index (χ3n) is 4.33. The SMILES string of the molecule is C#Cc1nc(NC(=O)NCc2ccc(-c3c(C(N)=O)ccc4ncsc34)cc2)cs1. The molecular formula is C21H15N5O2S2. The van der Waals surface area contributed by atoms with E-state index in [0.29, 0.717) is 22.9 Å². The van der Waals surface area contributed by atoms with Gasteiger partial charge in [-0.25, -0.2) is 14.8 Å². The summed E-state index contributed by atoms with van der Waals surface area (Å²) >= 11 is 2.75. The number of primary amides is 1. The lowest BCUT2D eigenvalue weighted by molar-refractivity contribution is 0.100. The standard InChI is InChI=1S/C21H15N5O2S2/c1-2-17-25-16(10-29-17)26-21(28)23-9-12-3-5-13(6-4-12)18-14(20(22)27)7-8-15-19(18)30-11-24-15/h1,3-8,10-11H,9H2,(H2,22,27)(H2,23,26,28). The van der Waals surface area contributed by atoms with Gasteiger partial charge in [0.25, 0.3) is 0 Å². The van der Waals surface area contributed by atoms with Gasteiger partial charge < -0.3 is 11.1 Å². The van der Waals surface area contributed by atoms with Crippen LogP contribution in [0.3, 0.4) is 0 Å². The van der Waals surface area contributed by atoms with Crippen LogP contribution in [0.4, 0.5) is 10.6 Å². The van der Waals surface area contributed by atoms with Crippen molar-refractivity contribution in [2.24, 2.45) is 5.73 Å². The van der Waals surface area contributed by atoms with E-state index in [0.717, 1.165) is 26.9 Å². The number of carbonyl (C=O) groups excluding carboxylic acids is 2. The van der Waals surface area contributed by atoms with Gasteiger partial charge in [0.1, 0.15) is 5.82 Å². The van der Waals surface area contributed by atoms with Gasteiger partial charge in [0.15, 0.2) is 5.01 Å². The van der Waals surface area contributed by atoms with E-state index in [9.17, 15) is 9.59 Å². The van der Waals surface area contributed by atoms with Crippen LogP contribution in [0, 0.1) is 12.3 Å². The third-order valence-corrected chi connectivity index (χ3v) is 5.96. The molecule has 7 nitrogen and oxygen atoms in total. The average Bonchev–Trinajstić information content (AvgIpc) is 3.41. The minimum atomic E-state index is -0.488. The van der Waals surface area contributed by atoms with Gasteiger partial charge in [0.05, 0.1) is 15.7 Å². The molecular weight excluding hydrogens is 418 g/mol. The Morgan fingerprint density at radius 1 is 1.13 bits per heavy atom. The predicted molar refractivity (Wildman–Crippen MR) is 119 cm³/mol. The number of anilines is 1. The van der Waals surface area contributed by atoms with Crippen LogP contribution in [0.25, 0.3) is 21.3 Å². The minimum absolute atomic E-state index is 0.325. The molecule has 4 rings (SSSR count). The molecule has 0 aliphatic rings. The van der Waals surface area contributed by atoms with Gasteiger partial charge >= 0.3 is 6.03 Å². The molecule has 0 bridgehead atoms. The van der Waals surface area contributed by atoms with E-state index >= 15 is 0 Å². The third kappa shape index (κ3) is 4.00. The lowest BCUT2D eigenvalue weighted by Crippen LogP contribution is -2.28. The largest absolute Gasteiger partial charge is 0.366 e. The molecule has 0 atom stereocenters. The monoisotopic (exact) mass is 433 g/mol. The maximum absolute atomic E-state index is 12.0. The smallest absolute Gasteiger partial charge is 0.320 e. The number of nitrogens with one attached hydrogen (secondary N) is 2. The Morgan fingerprint density at radius 3 is 2.63 bits per heavy atom. The average molecular weight is 434 g/mol. The zero-order valence-electron chi connectivity index (χ0n) is 15.5. The number of hydrogen-bond acceptors (Lipinski definition) is 6. The molecule has 3 amide bonds. The van der Waals surface area contributed by atoms with Crippen molar-refractivity contribution < 1.29 is 9.59 Å². The van der Waals surface area contributed by atoms with Crippen molar-refractivity contribution in [2.45, 2.75) is 6.54 Å². The van der Waals surface area contributed by atoms with Crippen molar-refractivity contribution in [3.63, 3.8) is 0 Å². The summed E-state index contributed by atoms with van der Waals surface area (Å²) in [5.41, 5.74) is 11.1. The number of fused-ring (bicyclic) bond motifs is 1. The van der Waals surface area contributed by atoms with Crippen LogP contribution in [0.1, 0.15) is 20.9 Å². The molecule has 148 valence electrons. The highest BCUT2D eigenvalue weighted by Gasteiger charge is 2.15. The Balaban J connectivity index is 1.48.